The number of benzene rings is 2. The minimum atomic E-state index is -0.542. The molecule has 1 N–H and O–H groups in total. The fourth-order valence-electron chi connectivity index (χ4n) is 5.42. The Morgan fingerprint density at radius 2 is 1.82 bits per heavy atom. The van der Waals surface area contributed by atoms with E-state index in [0.717, 1.165) is 32.6 Å². The lowest BCUT2D eigenvalue weighted by Gasteiger charge is -2.29. The van der Waals surface area contributed by atoms with Crippen LogP contribution < -0.4 is 5.32 Å². The van der Waals surface area contributed by atoms with Crippen molar-refractivity contribution in [1.82, 2.24) is 20.0 Å². The van der Waals surface area contributed by atoms with Crippen molar-refractivity contribution < 1.29 is 14.0 Å². The maximum atomic E-state index is 13.9. The predicted octanol–water partition coefficient (Wildman–Crippen LogP) is 4.30. The molecular formula is C30H35FN4O2S. The summed E-state index contributed by atoms with van der Waals surface area (Å²) in [5.74, 6) is -0.589. The number of nitrogens with one attached hydrogen (secondary N) is 1. The van der Waals surface area contributed by atoms with Gasteiger partial charge in [0.2, 0.25) is 5.91 Å². The smallest absolute Gasteiger partial charge is 0.254 e. The third-order valence-electron chi connectivity index (χ3n) is 7.53. The molecule has 0 saturated carbocycles. The van der Waals surface area contributed by atoms with Gasteiger partial charge in [-0.2, -0.15) is 0 Å². The first-order valence-corrected chi connectivity index (χ1v) is 14.2. The molecular weight excluding hydrogens is 499 g/mol. The Kier molecular flexibility index (Phi) is 8.51. The van der Waals surface area contributed by atoms with Crippen LogP contribution in [0.15, 0.2) is 66.0 Å². The lowest BCUT2D eigenvalue weighted by atomic mass is 10.1. The van der Waals surface area contributed by atoms with Crippen molar-refractivity contribution in [2.24, 2.45) is 0 Å². The van der Waals surface area contributed by atoms with Gasteiger partial charge in [-0.3, -0.25) is 14.5 Å². The molecule has 3 heterocycles. The summed E-state index contributed by atoms with van der Waals surface area (Å²) in [6.45, 7) is 6.99. The van der Waals surface area contributed by atoms with E-state index in [1.54, 1.807) is 16.2 Å². The third-order valence-corrected chi connectivity index (χ3v) is 8.39. The molecule has 0 bridgehead atoms. The molecule has 3 aromatic rings. The van der Waals surface area contributed by atoms with Crippen LogP contribution in [0.25, 0.3) is 0 Å². The first kappa shape index (κ1) is 26.5. The van der Waals surface area contributed by atoms with Crippen LogP contribution in [0.2, 0.25) is 0 Å². The van der Waals surface area contributed by atoms with Gasteiger partial charge in [0.25, 0.3) is 5.91 Å². The number of amides is 2. The quantitative estimate of drug-likeness (QED) is 0.491. The van der Waals surface area contributed by atoms with E-state index in [1.807, 2.05) is 4.90 Å². The summed E-state index contributed by atoms with van der Waals surface area (Å²) in [5.41, 5.74) is 2.83. The minimum absolute atomic E-state index is 0.0121. The zero-order chi connectivity index (χ0) is 26.5. The molecule has 0 aliphatic carbocycles. The Balaban J connectivity index is 1.43. The highest BCUT2D eigenvalue weighted by molar-refractivity contribution is 7.09. The monoisotopic (exact) mass is 534 g/mol. The summed E-state index contributed by atoms with van der Waals surface area (Å²) in [7, 11) is 0. The lowest BCUT2D eigenvalue weighted by Crippen LogP contribution is -2.48. The van der Waals surface area contributed by atoms with Gasteiger partial charge in [-0.15, -0.1) is 11.3 Å². The second-order valence-electron chi connectivity index (χ2n) is 10.3. The van der Waals surface area contributed by atoms with Gasteiger partial charge in [0, 0.05) is 55.8 Å². The van der Waals surface area contributed by atoms with E-state index >= 15 is 0 Å². The van der Waals surface area contributed by atoms with Crippen molar-refractivity contribution in [1.29, 1.82) is 0 Å². The largest absolute Gasteiger partial charge is 0.340 e. The number of likely N-dealkylation sites (tertiary alicyclic amines) is 1. The molecule has 2 saturated heterocycles. The van der Waals surface area contributed by atoms with Gasteiger partial charge in [-0.1, -0.05) is 35.9 Å². The Hall–Kier alpha value is -3.07. The van der Waals surface area contributed by atoms with Crippen molar-refractivity contribution in [2.45, 2.75) is 44.9 Å². The van der Waals surface area contributed by atoms with E-state index in [9.17, 15) is 14.0 Å². The zero-order valence-electron chi connectivity index (χ0n) is 21.8. The number of rotatable bonds is 7. The Morgan fingerprint density at radius 3 is 2.55 bits per heavy atom. The number of carbonyl (C=O) groups excluding carboxylic acids is 2. The highest BCUT2D eigenvalue weighted by Gasteiger charge is 2.43. The fourth-order valence-corrected chi connectivity index (χ4v) is 6.15. The van der Waals surface area contributed by atoms with Crippen LogP contribution in [0.3, 0.4) is 0 Å². The molecule has 2 unspecified atom stereocenters. The van der Waals surface area contributed by atoms with E-state index < -0.39 is 6.04 Å². The fraction of sp³-hybridized carbons (Fsp3) is 0.400. The van der Waals surface area contributed by atoms with Gasteiger partial charge < -0.3 is 15.1 Å². The summed E-state index contributed by atoms with van der Waals surface area (Å²) >= 11 is 1.72. The molecule has 5 rings (SSSR count). The first-order valence-electron chi connectivity index (χ1n) is 13.4. The molecule has 8 heteroatoms. The molecule has 200 valence electrons. The normalized spacial score (nSPS) is 20.1. The maximum absolute atomic E-state index is 13.9. The standard InChI is InChI=1S/C30H35FN4O2S/c1-22-5-7-23(8-6-22)19-34(21-27-4-2-17-38-27)26-18-28(30(37)33-15-3-13-32-14-16-33)35(20-26)29(36)24-9-11-25(31)12-10-24/h2,4-12,17,26,28,32H,3,13-16,18-21H2,1H3. The number of halogens is 1. The Bertz CT molecular complexity index is 1210. The second-order valence-corrected chi connectivity index (χ2v) is 11.3. The number of hydrogen-bond donors (Lipinski definition) is 1. The van der Waals surface area contributed by atoms with Gasteiger partial charge in [0.15, 0.2) is 0 Å². The zero-order valence-corrected chi connectivity index (χ0v) is 22.6. The van der Waals surface area contributed by atoms with Crippen LogP contribution in [0, 0.1) is 12.7 Å². The van der Waals surface area contributed by atoms with E-state index in [-0.39, 0.29) is 23.7 Å². The second kappa shape index (κ2) is 12.2. The molecule has 2 fully saturated rings. The molecule has 0 radical (unpaired) electrons. The molecule has 2 atom stereocenters. The van der Waals surface area contributed by atoms with Gasteiger partial charge in [0.1, 0.15) is 11.9 Å². The summed E-state index contributed by atoms with van der Waals surface area (Å²) in [5, 5.41) is 5.44. The van der Waals surface area contributed by atoms with Crippen molar-refractivity contribution in [2.75, 3.05) is 32.7 Å². The molecule has 2 amide bonds. The Labute approximate surface area is 228 Å². The van der Waals surface area contributed by atoms with Gasteiger partial charge in [-0.05, 0) is 67.6 Å². The number of hydrogen-bond acceptors (Lipinski definition) is 5. The highest BCUT2D eigenvalue weighted by Crippen LogP contribution is 2.29. The third kappa shape index (κ3) is 6.31. The predicted molar refractivity (Wildman–Crippen MR) is 148 cm³/mol. The van der Waals surface area contributed by atoms with Crippen LogP contribution in [-0.2, 0) is 17.9 Å². The maximum Gasteiger partial charge on any atom is 0.254 e. The SMILES string of the molecule is Cc1ccc(CN(Cc2cccs2)C2CC(C(=O)N3CCCNCC3)N(C(=O)c3ccc(F)cc3)C2)cc1. The number of carbonyl (C=O) groups is 2. The summed E-state index contributed by atoms with van der Waals surface area (Å²) in [6, 6.07) is 17.8. The molecule has 0 spiro atoms. The average Bonchev–Trinajstić information content (AvgIpc) is 3.52. The molecule has 2 aliphatic rings. The summed E-state index contributed by atoms with van der Waals surface area (Å²) in [4.78, 5) is 34.9. The molecule has 38 heavy (non-hydrogen) atoms. The van der Waals surface area contributed by atoms with Crippen molar-refractivity contribution >= 4 is 23.2 Å². The topological polar surface area (TPSA) is 55.9 Å². The van der Waals surface area contributed by atoms with Crippen LogP contribution in [0.5, 0.6) is 0 Å². The van der Waals surface area contributed by atoms with Gasteiger partial charge in [-0.25, -0.2) is 4.39 Å². The summed E-state index contributed by atoms with van der Waals surface area (Å²) in [6.07, 6.45) is 1.47. The first-order chi connectivity index (χ1) is 18.5. The van der Waals surface area contributed by atoms with Crippen LogP contribution in [-0.4, -0.2) is 71.3 Å². The molecule has 6 nitrogen and oxygen atoms in total. The van der Waals surface area contributed by atoms with E-state index in [4.69, 9.17) is 0 Å². The lowest BCUT2D eigenvalue weighted by molar-refractivity contribution is -0.135. The van der Waals surface area contributed by atoms with Gasteiger partial charge in [0.05, 0.1) is 0 Å². The number of thiophene rings is 1. The Morgan fingerprint density at radius 1 is 1.03 bits per heavy atom. The van der Waals surface area contributed by atoms with Crippen LogP contribution in [0.1, 0.15) is 39.2 Å². The van der Waals surface area contributed by atoms with E-state index in [1.165, 1.54) is 40.3 Å². The molecule has 2 aromatic carbocycles. The highest BCUT2D eigenvalue weighted by atomic mass is 32.1. The van der Waals surface area contributed by atoms with Crippen molar-refractivity contribution in [3.8, 4) is 0 Å². The van der Waals surface area contributed by atoms with Crippen LogP contribution in [0.4, 0.5) is 4.39 Å². The number of aryl methyl sites for hydroxylation is 1. The van der Waals surface area contributed by atoms with Crippen LogP contribution >= 0.6 is 11.3 Å². The molecule has 1 aromatic heterocycles. The average molecular weight is 535 g/mol. The van der Waals surface area contributed by atoms with E-state index in [2.05, 4.69) is 58.9 Å². The van der Waals surface area contributed by atoms with Crippen molar-refractivity contribution in [3.63, 3.8) is 0 Å². The minimum Gasteiger partial charge on any atom is -0.340 e. The van der Waals surface area contributed by atoms with Crippen molar-refractivity contribution in [3.05, 3.63) is 93.4 Å². The summed E-state index contributed by atoms with van der Waals surface area (Å²) < 4.78 is 13.6. The van der Waals surface area contributed by atoms with E-state index in [0.29, 0.717) is 31.6 Å². The van der Waals surface area contributed by atoms with Gasteiger partial charge >= 0.3 is 0 Å². The molecule has 2 aliphatic heterocycles. The number of nitrogens with zero attached hydrogens (tertiary/aromatic N) is 3.